The first kappa shape index (κ1) is 12.3. The molecule has 0 amide bonds. The van der Waals surface area contributed by atoms with Crippen LogP contribution in [0.15, 0.2) is 23.4 Å². The van der Waals surface area contributed by atoms with Crippen molar-refractivity contribution in [1.82, 2.24) is 4.98 Å². The molecule has 0 saturated heterocycles. The number of pyridine rings is 1. The number of nitrogens with zero attached hydrogens (tertiary/aromatic N) is 1. The second kappa shape index (κ2) is 5.37. The normalized spacial score (nSPS) is 12.8. The summed E-state index contributed by atoms with van der Waals surface area (Å²) in [6.45, 7) is 3.75. The molecule has 0 aliphatic heterocycles. The van der Waals surface area contributed by atoms with E-state index in [2.05, 4.69) is 4.98 Å². The largest absolute Gasteiger partial charge is 0.480 e. The van der Waals surface area contributed by atoms with Crippen molar-refractivity contribution in [2.24, 2.45) is 5.92 Å². The zero-order valence-corrected chi connectivity index (χ0v) is 10.0. The number of carboxylic acids is 1. The lowest BCUT2D eigenvalue weighted by molar-refractivity contribution is -0.137. The monoisotopic (exact) mass is 245 g/mol. The molecule has 5 heteroatoms. The summed E-state index contributed by atoms with van der Waals surface area (Å²) in [6.07, 6.45) is 3.12. The van der Waals surface area contributed by atoms with Crippen LogP contribution < -0.4 is 0 Å². The molecule has 0 radical (unpaired) electrons. The van der Waals surface area contributed by atoms with Gasteiger partial charge in [-0.25, -0.2) is 0 Å². The van der Waals surface area contributed by atoms with Crippen molar-refractivity contribution in [2.75, 3.05) is 0 Å². The van der Waals surface area contributed by atoms with Gasteiger partial charge in [-0.2, -0.15) is 0 Å². The predicted molar refractivity (Wildman–Crippen MR) is 61.4 cm³/mol. The Kier molecular flexibility index (Phi) is 4.42. The number of carboxylic acid groups (broad SMARTS) is 1. The number of halogens is 1. The van der Waals surface area contributed by atoms with Crippen molar-refractivity contribution >= 4 is 29.3 Å². The van der Waals surface area contributed by atoms with E-state index in [9.17, 15) is 4.79 Å². The highest BCUT2D eigenvalue weighted by molar-refractivity contribution is 8.00. The maximum absolute atomic E-state index is 11.0. The van der Waals surface area contributed by atoms with E-state index in [1.54, 1.807) is 12.3 Å². The summed E-state index contributed by atoms with van der Waals surface area (Å²) in [6, 6.07) is 1.73. The average Bonchev–Trinajstić information content (AvgIpc) is 2.15. The number of aromatic nitrogens is 1. The van der Waals surface area contributed by atoms with Crippen molar-refractivity contribution in [2.45, 2.75) is 24.0 Å². The van der Waals surface area contributed by atoms with Crippen molar-refractivity contribution < 1.29 is 9.90 Å². The van der Waals surface area contributed by atoms with Crippen LogP contribution in [0.25, 0.3) is 0 Å². The molecule has 0 aromatic carbocycles. The number of aliphatic carboxylic acids is 1. The van der Waals surface area contributed by atoms with Crippen LogP contribution in [-0.2, 0) is 4.79 Å². The van der Waals surface area contributed by atoms with E-state index in [0.717, 1.165) is 4.90 Å². The van der Waals surface area contributed by atoms with Gasteiger partial charge in [0.2, 0.25) is 0 Å². The molecule has 0 aliphatic rings. The van der Waals surface area contributed by atoms with Crippen molar-refractivity contribution in [1.29, 1.82) is 0 Å². The first-order valence-corrected chi connectivity index (χ1v) is 5.77. The predicted octanol–water partition coefficient (Wildman–Crippen LogP) is 2.94. The Balaban J connectivity index is 2.84. The summed E-state index contributed by atoms with van der Waals surface area (Å²) < 4.78 is 0. The van der Waals surface area contributed by atoms with Gasteiger partial charge in [-0.1, -0.05) is 25.4 Å². The maximum atomic E-state index is 11.0. The van der Waals surface area contributed by atoms with Gasteiger partial charge in [-0.15, -0.1) is 11.8 Å². The third kappa shape index (κ3) is 3.39. The molecule has 0 spiro atoms. The van der Waals surface area contributed by atoms with Gasteiger partial charge < -0.3 is 5.11 Å². The minimum atomic E-state index is -0.817. The van der Waals surface area contributed by atoms with Crippen LogP contribution in [-0.4, -0.2) is 21.3 Å². The van der Waals surface area contributed by atoms with Crippen LogP contribution in [0.2, 0.25) is 5.02 Å². The second-order valence-electron chi connectivity index (χ2n) is 3.43. The lowest BCUT2D eigenvalue weighted by Crippen LogP contribution is -2.22. The van der Waals surface area contributed by atoms with E-state index in [1.165, 1.54) is 18.0 Å². The maximum Gasteiger partial charge on any atom is 0.317 e. The standard InChI is InChI=1S/C10H12ClNO2S/c1-6(2)9(10(13)14)15-8-3-4-12-5-7(8)11/h3-6,9H,1-2H3,(H,13,14). The molecular weight excluding hydrogens is 234 g/mol. The summed E-state index contributed by atoms with van der Waals surface area (Å²) >= 11 is 7.16. The smallest absolute Gasteiger partial charge is 0.317 e. The summed E-state index contributed by atoms with van der Waals surface area (Å²) in [4.78, 5) is 15.6. The van der Waals surface area contributed by atoms with Crippen molar-refractivity contribution in [3.63, 3.8) is 0 Å². The summed E-state index contributed by atoms with van der Waals surface area (Å²) in [5, 5.41) is 9.03. The molecule has 1 rings (SSSR count). The Morgan fingerprint density at radius 2 is 2.27 bits per heavy atom. The van der Waals surface area contributed by atoms with Crippen LogP contribution in [0, 0.1) is 5.92 Å². The molecule has 1 N–H and O–H groups in total. The molecule has 1 unspecified atom stereocenters. The first-order valence-electron chi connectivity index (χ1n) is 4.51. The highest BCUT2D eigenvalue weighted by Gasteiger charge is 2.23. The first-order chi connectivity index (χ1) is 7.02. The van der Waals surface area contributed by atoms with Gasteiger partial charge >= 0.3 is 5.97 Å². The summed E-state index contributed by atoms with van der Waals surface area (Å²) in [5.41, 5.74) is 0. The van der Waals surface area contributed by atoms with Crippen LogP contribution in [0.5, 0.6) is 0 Å². The minimum absolute atomic E-state index is 0.0525. The van der Waals surface area contributed by atoms with Crippen molar-refractivity contribution in [3.8, 4) is 0 Å². The number of rotatable bonds is 4. The summed E-state index contributed by atoms with van der Waals surface area (Å²) in [5.74, 6) is -0.764. The Hall–Kier alpha value is -0.740. The molecule has 0 fully saturated rings. The molecule has 1 heterocycles. The van der Waals surface area contributed by atoms with Gasteiger partial charge in [0.1, 0.15) is 5.25 Å². The number of hydrogen-bond acceptors (Lipinski definition) is 3. The van der Waals surface area contributed by atoms with E-state index in [-0.39, 0.29) is 5.92 Å². The molecule has 1 atom stereocenters. The number of hydrogen-bond donors (Lipinski definition) is 1. The summed E-state index contributed by atoms with van der Waals surface area (Å²) in [7, 11) is 0. The fourth-order valence-electron chi connectivity index (χ4n) is 1.07. The van der Waals surface area contributed by atoms with Gasteiger partial charge in [0, 0.05) is 17.3 Å². The van der Waals surface area contributed by atoms with Crippen molar-refractivity contribution in [3.05, 3.63) is 23.5 Å². The molecule has 15 heavy (non-hydrogen) atoms. The van der Waals surface area contributed by atoms with E-state index in [0.29, 0.717) is 5.02 Å². The molecule has 3 nitrogen and oxygen atoms in total. The molecule has 1 aromatic rings. The van der Waals surface area contributed by atoms with Gasteiger partial charge in [0.15, 0.2) is 0 Å². The molecule has 0 bridgehead atoms. The van der Waals surface area contributed by atoms with Crippen LogP contribution >= 0.6 is 23.4 Å². The molecule has 82 valence electrons. The van der Waals surface area contributed by atoms with E-state index < -0.39 is 11.2 Å². The quantitative estimate of drug-likeness (QED) is 0.829. The van der Waals surface area contributed by atoms with Gasteiger partial charge in [-0.3, -0.25) is 9.78 Å². The Bertz CT molecular complexity index is 357. The lowest BCUT2D eigenvalue weighted by Gasteiger charge is -2.15. The molecule has 0 aliphatic carbocycles. The topological polar surface area (TPSA) is 50.2 Å². The van der Waals surface area contributed by atoms with Gasteiger partial charge in [-0.05, 0) is 12.0 Å². The highest BCUT2D eigenvalue weighted by Crippen LogP contribution is 2.32. The second-order valence-corrected chi connectivity index (χ2v) is 5.02. The lowest BCUT2D eigenvalue weighted by atomic mass is 10.1. The highest BCUT2D eigenvalue weighted by atomic mass is 35.5. The van der Waals surface area contributed by atoms with Gasteiger partial charge in [0.05, 0.1) is 5.02 Å². The number of thioether (sulfide) groups is 1. The molecule has 0 saturated carbocycles. The van der Waals surface area contributed by atoms with E-state index >= 15 is 0 Å². The Labute approximate surface area is 97.9 Å². The zero-order chi connectivity index (χ0) is 11.4. The molecular formula is C10H12ClNO2S. The fourth-order valence-corrected chi connectivity index (χ4v) is 2.27. The minimum Gasteiger partial charge on any atom is -0.480 e. The van der Waals surface area contributed by atoms with Crippen LogP contribution in [0.1, 0.15) is 13.8 Å². The zero-order valence-electron chi connectivity index (χ0n) is 8.48. The average molecular weight is 246 g/mol. The van der Waals surface area contributed by atoms with Gasteiger partial charge in [0.25, 0.3) is 0 Å². The van der Waals surface area contributed by atoms with Crippen LogP contribution in [0.3, 0.4) is 0 Å². The van der Waals surface area contributed by atoms with E-state index in [4.69, 9.17) is 16.7 Å². The fraction of sp³-hybridized carbons (Fsp3) is 0.400. The molecule has 1 aromatic heterocycles. The number of carbonyl (C=O) groups is 1. The third-order valence-corrected chi connectivity index (χ3v) is 3.86. The van der Waals surface area contributed by atoms with E-state index in [1.807, 2.05) is 13.8 Å². The Morgan fingerprint density at radius 1 is 1.60 bits per heavy atom. The SMILES string of the molecule is CC(C)C(Sc1ccncc1Cl)C(=O)O. The Morgan fingerprint density at radius 3 is 2.73 bits per heavy atom. The third-order valence-electron chi connectivity index (χ3n) is 1.84. The van der Waals surface area contributed by atoms with Crippen LogP contribution in [0.4, 0.5) is 0 Å².